The Morgan fingerprint density at radius 1 is 1.32 bits per heavy atom. The molecule has 2 aromatic heterocycles. The number of aryl methyl sites for hydroxylation is 1. The van der Waals surface area contributed by atoms with Gasteiger partial charge in [0.1, 0.15) is 11.0 Å². The Morgan fingerprint density at radius 3 is 2.73 bits per heavy atom. The highest BCUT2D eigenvalue weighted by molar-refractivity contribution is 7.07. The molecule has 0 aliphatic carbocycles. The highest BCUT2D eigenvalue weighted by Crippen LogP contribution is 2.21. The molecule has 0 saturated carbocycles. The summed E-state index contributed by atoms with van der Waals surface area (Å²) in [6.45, 7) is 2.95. The lowest BCUT2D eigenvalue weighted by Gasteiger charge is -2.16. The van der Waals surface area contributed by atoms with E-state index in [4.69, 9.17) is 9.47 Å². The monoisotopic (exact) mass is 321 g/mol. The summed E-state index contributed by atoms with van der Waals surface area (Å²) in [5.74, 6) is 0.818. The number of ether oxygens (including phenoxy) is 2. The number of rotatable bonds is 4. The molecule has 116 valence electrons. The molecule has 8 nitrogen and oxygen atoms in total. The predicted molar refractivity (Wildman–Crippen MR) is 78.2 cm³/mol. The van der Waals surface area contributed by atoms with Crippen molar-refractivity contribution in [3.05, 3.63) is 22.7 Å². The maximum Gasteiger partial charge on any atom is 0.267 e. The van der Waals surface area contributed by atoms with Crippen LogP contribution in [0.2, 0.25) is 0 Å². The highest BCUT2D eigenvalue weighted by atomic mass is 32.1. The van der Waals surface area contributed by atoms with Gasteiger partial charge in [-0.05, 0) is 18.5 Å². The van der Waals surface area contributed by atoms with Gasteiger partial charge in [-0.25, -0.2) is 0 Å². The first-order valence-corrected chi connectivity index (χ1v) is 7.57. The van der Waals surface area contributed by atoms with E-state index in [1.54, 1.807) is 24.0 Å². The van der Waals surface area contributed by atoms with E-state index in [1.165, 1.54) is 7.11 Å². The van der Waals surface area contributed by atoms with E-state index in [0.717, 1.165) is 18.0 Å². The van der Waals surface area contributed by atoms with E-state index in [-0.39, 0.29) is 12.0 Å². The molecule has 1 atom stereocenters. The first-order chi connectivity index (χ1) is 10.7. The normalized spacial score (nSPS) is 17.5. The molecule has 3 heterocycles. The second kappa shape index (κ2) is 6.22. The standard InChI is InChI=1S/C13H15N5O3S/c1-8-12(22-17-14-8)13(19)18-6-5-9(7-18)21-11-4-3-10(20-2)15-16-11/h3-4,9H,5-7H2,1-2H3/t9-/m1/s1. The minimum atomic E-state index is -0.0900. The van der Waals surface area contributed by atoms with Crippen molar-refractivity contribution >= 4 is 17.4 Å². The lowest BCUT2D eigenvalue weighted by molar-refractivity contribution is 0.0774. The van der Waals surface area contributed by atoms with Crippen molar-refractivity contribution in [1.29, 1.82) is 0 Å². The second-order valence-corrected chi connectivity index (χ2v) is 5.64. The predicted octanol–water partition coefficient (Wildman–Crippen LogP) is 0.939. The summed E-state index contributed by atoms with van der Waals surface area (Å²) in [4.78, 5) is 14.7. The zero-order valence-electron chi connectivity index (χ0n) is 12.2. The number of nitrogens with zero attached hydrogens (tertiary/aromatic N) is 5. The molecule has 9 heteroatoms. The van der Waals surface area contributed by atoms with E-state index < -0.39 is 0 Å². The van der Waals surface area contributed by atoms with Crippen molar-refractivity contribution in [2.45, 2.75) is 19.4 Å². The third-order valence-corrected chi connectivity index (χ3v) is 4.21. The smallest absolute Gasteiger partial charge is 0.267 e. The van der Waals surface area contributed by atoms with Gasteiger partial charge in [0.25, 0.3) is 5.91 Å². The van der Waals surface area contributed by atoms with Crippen LogP contribution in [0.5, 0.6) is 11.8 Å². The maximum atomic E-state index is 12.4. The molecule has 0 aromatic carbocycles. The van der Waals surface area contributed by atoms with Crippen LogP contribution in [0.3, 0.4) is 0 Å². The SMILES string of the molecule is COc1ccc(O[C@@H]2CCN(C(=O)c3snnc3C)C2)nn1. The second-order valence-electron chi connectivity index (χ2n) is 4.88. The Balaban J connectivity index is 1.60. The minimum Gasteiger partial charge on any atom is -0.480 e. The number of hydrogen-bond acceptors (Lipinski definition) is 8. The maximum absolute atomic E-state index is 12.4. The van der Waals surface area contributed by atoms with Gasteiger partial charge in [0, 0.05) is 25.1 Å². The van der Waals surface area contributed by atoms with Crippen molar-refractivity contribution in [3.8, 4) is 11.8 Å². The van der Waals surface area contributed by atoms with Gasteiger partial charge in [-0.2, -0.15) is 0 Å². The van der Waals surface area contributed by atoms with Crippen molar-refractivity contribution in [2.24, 2.45) is 0 Å². The summed E-state index contributed by atoms with van der Waals surface area (Å²) >= 11 is 1.12. The Bertz CT molecular complexity index is 660. The summed E-state index contributed by atoms with van der Waals surface area (Å²) in [7, 11) is 1.53. The van der Waals surface area contributed by atoms with Crippen molar-refractivity contribution in [3.63, 3.8) is 0 Å². The Hall–Kier alpha value is -2.29. The molecule has 1 saturated heterocycles. The molecule has 0 N–H and O–H groups in total. The number of methoxy groups -OCH3 is 1. The molecule has 2 aromatic rings. The molecule has 1 amide bonds. The molecule has 0 unspecified atom stereocenters. The van der Waals surface area contributed by atoms with Crippen LogP contribution in [0.25, 0.3) is 0 Å². The van der Waals surface area contributed by atoms with Gasteiger partial charge in [0.05, 0.1) is 19.3 Å². The van der Waals surface area contributed by atoms with Crippen LogP contribution < -0.4 is 9.47 Å². The summed E-state index contributed by atoms with van der Waals surface area (Å²) in [5.41, 5.74) is 0.667. The molecule has 1 fully saturated rings. The van der Waals surface area contributed by atoms with Gasteiger partial charge >= 0.3 is 0 Å². The molecule has 3 rings (SSSR count). The van der Waals surface area contributed by atoms with E-state index in [1.807, 2.05) is 0 Å². The Kier molecular flexibility index (Phi) is 4.14. The number of carbonyl (C=O) groups excluding carboxylic acids is 1. The van der Waals surface area contributed by atoms with Crippen LogP contribution >= 0.6 is 11.5 Å². The summed E-state index contributed by atoms with van der Waals surface area (Å²) < 4.78 is 14.5. The van der Waals surface area contributed by atoms with Gasteiger partial charge in [-0.15, -0.1) is 15.3 Å². The Labute approximate surface area is 131 Å². The van der Waals surface area contributed by atoms with Crippen LogP contribution in [0.1, 0.15) is 21.8 Å². The van der Waals surface area contributed by atoms with E-state index in [9.17, 15) is 4.79 Å². The average Bonchev–Trinajstić information content (AvgIpc) is 3.16. The molecular weight excluding hydrogens is 306 g/mol. The number of aromatic nitrogens is 4. The van der Waals surface area contributed by atoms with Crippen LogP contribution in [0, 0.1) is 6.92 Å². The lowest BCUT2D eigenvalue weighted by Crippen LogP contribution is -2.30. The van der Waals surface area contributed by atoms with Crippen molar-refractivity contribution in [2.75, 3.05) is 20.2 Å². The number of carbonyl (C=O) groups is 1. The highest BCUT2D eigenvalue weighted by Gasteiger charge is 2.30. The Morgan fingerprint density at radius 2 is 2.09 bits per heavy atom. The average molecular weight is 321 g/mol. The van der Waals surface area contributed by atoms with Crippen LogP contribution in [0.4, 0.5) is 0 Å². The van der Waals surface area contributed by atoms with Gasteiger partial charge < -0.3 is 14.4 Å². The fourth-order valence-electron chi connectivity index (χ4n) is 2.23. The van der Waals surface area contributed by atoms with E-state index in [0.29, 0.717) is 35.4 Å². The zero-order chi connectivity index (χ0) is 15.5. The van der Waals surface area contributed by atoms with E-state index in [2.05, 4.69) is 19.8 Å². The zero-order valence-corrected chi connectivity index (χ0v) is 13.0. The van der Waals surface area contributed by atoms with Gasteiger partial charge in [-0.1, -0.05) is 4.49 Å². The third kappa shape index (κ3) is 2.98. The number of hydrogen-bond donors (Lipinski definition) is 0. The lowest BCUT2D eigenvalue weighted by atomic mass is 10.3. The third-order valence-electron chi connectivity index (χ3n) is 3.39. The topological polar surface area (TPSA) is 90.3 Å². The molecule has 0 bridgehead atoms. The number of likely N-dealkylation sites (tertiary alicyclic amines) is 1. The van der Waals surface area contributed by atoms with Crippen molar-refractivity contribution in [1.82, 2.24) is 24.7 Å². The van der Waals surface area contributed by atoms with Crippen LogP contribution in [0.15, 0.2) is 12.1 Å². The molecule has 0 radical (unpaired) electrons. The fraction of sp³-hybridized carbons (Fsp3) is 0.462. The minimum absolute atomic E-state index is 0.0422. The van der Waals surface area contributed by atoms with Crippen LogP contribution in [-0.4, -0.2) is 56.9 Å². The summed E-state index contributed by atoms with van der Waals surface area (Å²) in [6, 6.07) is 3.39. The largest absolute Gasteiger partial charge is 0.480 e. The fourth-order valence-corrected chi connectivity index (χ4v) is 2.86. The van der Waals surface area contributed by atoms with Gasteiger partial charge in [0.15, 0.2) is 0 Å². The molecule has 22 heavy (non-hydrogen) atoms. The molecule has 1 aliphatic heterocycles. The van der Waals surface area contributed by atoms with Crippen molar-refractivity contribution < 1.29 is 14.3 Å². The van der Waals surface area contributed by atoms with Crippen LogP contribution in [-0.2, 0) is 0 Å². The van der Waals surface area contributed by atoms with Gasteiger partial charge in [-0.3, -0.25) is 4.79 Å². The van der Waals surface area contributed by atoms with Gasteiger partial charge in [0.2, 0.25) is 11.8 Å². The molecular formula is C13H15N5O3S. The summed E-state index contributed by atoms with van der Waals surface area (Å²) in [6.07, 6.45) is 0.665. The quantitative estimate of drug-likeness (QED) is 0.827. The molecule has 1 aliphatic rings. The number of amides is 1. The molecule has 0 spiro atoms. The van der Waals surface area contributed by atoms with E-state index >= 15 is 0 Å². The first-order valence-electron chi connectivity index (χ1n) is 6.80. The summed E-state index contributed by atoms with van der Waals surface area (Å²) in [5, 5.41) is 11.7. The first kappa shape index (κ1) is 14.6.